The molecule has 2 atom stereocenters. The molecule has 1 aliphatic carbocycles. The first-order valence-corrected chi connectivity index (χ1v) is 5.02. The van der Waals surface area contributed by atoms with Gasteiger partial charge in [-0.15, -0.1) is 0 Å². The van der Waals surface area contributed by atoms with Gasteiger partial charge in [-0.1, -0.05) is 0 Å². The molecule has 1 saturated carbocycles. The van der Waals surface area contributed by atoms with Crippen LogP contribution in [0.4, 0.5) is 10.1 Å². The van der Waals surface area contributed by atoms with E-state index in [2.05, 4.69) is 4.90 Å². The van der Waals surface area contributed by atoms with Crippen LogP contribution in [0, 0.1) is 17.7 Å². The quantitative estimate of drug-likeness (QED) is 0.725. The largest absolute Gasteiger partial charge is 0.371 e. The summed E-state index contributed by atoms with van der Waals surface area (Å²) in [6, 6.07) is 7.13. The van der Waals surface area contributed by atoms with Gasteiger partial charge in [-0.3, -0.25) is 0 Å². The lowest BCUT2D eigenvalue weighted by Gasteiger charge is -2.21. The number of anilines is 1. The first-order chi connectivity index (χ1) is 6.75. The van der Waals surface area contributed by atoms with Crippen LogP contribution in [0.1, 0.15) is 0 Å². The van der Waals surface area contributed by atoms with Crippen LogP contribution in [0.3, 0.4) is 0 Å². The van der Waals surface area contributed by atoms with Crippen LogP contribution in [-0.4, -0.2) is 19.1 Å². The second-order valence-electron chi connectivity index (χ2n) is 4.29. The highest BCUT2D eigenvalue weighted by Crippen LogP contribution is 2.45. The average molecular weight is 192 g/mol. The van der Waals surface area contributed by atoms with Crippen molar-refractivity contribution in [1.29, 1.82) is 0 Å². The number of fused-ring (bicyclic) bond motifs is 1. The van der Waals surface area contributed by atoms with E-state index in [1.54, 1.807) is 0 Å². The minimum atomic E-state index is -0.171. The normalized spacial score (nSPS) is 34.4. The molecular formula is C11H13FN2. The molecule has 1 aromatic carbocycles. The first-order valence-electron chi connectivity index (χ1n) is 5.02. The number of rotatable bonds is 1. The zero-order valence-corrected chi connectivity index (χ0v) is 7.86. The highest BCUT2D eigenvalue weighted by Gasteiger charge is 2.53. The minimum Gasteiger partial charge on any atom is -0.371 e. The molecule has 74 valence electrons. The van der Waals surface area contributed by atoms with Crippen molar-refractivity contribution in [3.8, 4) is 0 Å². The van der Waals surface area contributed by atoms with Crippen LogP contribution in [0.5, 0.6) is 0 Å². The third kappa shape index (κ3) is 1.12. The number of hydrogen-bond donors (Lipinski definition) is 1. The summed E-state index contributed by atoms with van der Waals surface area (Å²) in [6.07, 6.45) is 0. The van der Waals surface area contributed by atoms with Crippen molar-refractivity contribution in [3.63, 3.8) is 0 Å². The van der Waals surface area contributed by atoms with Crippen LogP contribution < -0.4 is 10.6 Å². The van der Waals surface area contributed by atoms with Gasteiger partial charge in [-0.05, 0) is 36.1 Å². The van der Waals surface area contributed by atoms with E-state index in [1.165, 1.54) is 12.1 Å². The highest BCUT2D eigenvalue weighted by molar-refractivity contribution is 5.49. The van der Waals surface area contributed by atoms with Gasteiger partial charge in [0, 0.05) is 24.8 Å². The smallest absolute Gasteiger partial charge is 0.123 e. The maximum Gasteiger partial charge on any atom is 0.123 e. The first kappa shape index (κ1) is 8.24. The summed E-state index contributed by atoms with van der Waals surface area (Å²) in [6.45, 7) is 2.08. The second kappa shape index (κ2) is 2.70. The maximum atomic E-state index is 12.7. The summed E-state index contributed by atoms with van der Waals surface area (Å²) in [4.78, 5) is 2.29. The van der Waals surface area contributed by atoms with Crippen LogP contribution in [-0.2, 0) is 0 Å². The Hall–Kier alpha value is -1.09. The van der Waals surface area contributed by atoms with Crippen molar-refractivity contribution < 1.29 is 4.39 Å². The Morgan fingerprint density at radius 2 is 1.71 bits per heavy atom. The van der Waals surface area contributed by atoms with Gasteiger partial charge in [0.1, 0.15) is 5.82 Å². The topological polar surface area (TPSA) is 29.3 Å². The molecule has 2 aliphatic rings. The molecule has 2 unspecified atom stereocenters. The molecule has 0 bridgehead atoms. The Balaban J connectivity index is 1.76. The number of nitrogens with zero attached hydrogens (tertiary/aromatic N) is 1. The molecule has 1 aliphatic heterocycles. The van der Waals surface area contributed by atoms with E-state index >= 15 is 0 Å². The van der Waals surface area contributed by atoms with Crippen LogP contribution >= 0.6 is 0 Å². The van der Waals surface area contributed by atoms with E-state index in [0.29, 0.717) is 17.9 Å². The predicted molar refractivity (Wildman–Crippen MR) is 53.6 cm³/mol. The maximum absolute atomic E-state index is 12.7. The Morgan fingerprint density at radius 1 is 1.14 bits per heavy atom. The molecule has 0 radical (unpaired) electrons. The summed E-state index contributed by atoms with van der Waals surface area (Å²) in [5.41, 5.74) is 6.97. The van der Waals surface area contributed by atoms with E-state index in [0.717, 1.165) is 18.8 Å². The molecule has 0 amide bonds. The molecule has 2 N–H and O–H groups in total. The highest BCUT2D eigenvalue weighted by atomic mass is 19.1. The fourth-order valence-corrected chi connectivity index (χ4v) is 2.44. The molecule has 1 aromatic rings. The zero-order valence-electron chi connectivity index (χ0n) is 7.86. The van der Waals surface area contributed by atoms with Gasteiger partial charge in [0.2, 0.25) is 0 Å². The standard InChI is InChI=1S/C11H13FN2/c12-7-1-3-8(4-2-7)14-5-9-10(6-14)11(9)13/h1-4,9-11H,5-6,13H2. The molecule has 0 aromatic heterocycles. The monoisotopic (exact) mass is 192 g/mol. The summed E-state index contributed by atoms with van der Waals surface area (Å²) in [7, 11) is 0. The van der Waals surface area contributed by atoms with Crippen LogP contribution in [0.25, 0.3) is 0 Å². The fourth-order valence-electron chi connectivity index (χ4n) is 2.44. The van der Waals surface area contributed by atoms with Crippen molar-refractivity contribution in [2.75, 3.05) is 18.0 Å². The number of piperidine rings is 1. The van der Waals surface area contributed by atoms with E-state index in [4.69, 9.17) is 5.73 Å². The fraction of sp³-hybridized carbons (Fsp3) is 0.455. The van der Waals surface area contributed by atoms with E-state index in [1.807, 2.05) is 12.1 Å². The Bertz CT molecular complexity index is 337. The van der Waals surface area contributed by atoms with E-state index in [-0.39, 0.29) is 5.82 Å². The van der Waals surface area contributed by atoms with Gasteiger partial charge in [0.05, 0.1) is 0 Å². The SMILES string of the molecule is NC1C2CN(c3ccc(F)cc3)CC12. The summed E-state index contributed by atoms with van der Waals surface area (Å²) >= 11 is 0. The van der Waals surface area contributed by atoms with Gasteiger partial charge in [-0.25, -0.2) is 4.39 Å². The number of nitrogens with two attached hydrogens (primary N) is 1. The summed E-state index contributed by atoms with van der Waals surface area (Å²) < 4.78 is 12.7. The van der Waals surface area contributed by atoms with Crippen molar-refractivity contribution in [2.24, 2.45) is 17.6 Å². The third-order valence-electron chi connectivity index (χ3n) is 3.45. The third-order valence-corrected chi connectivity index (χ3v) is 3.45. The molecule has 1 saturated heterocycles. The Morgan fingerprint density at radius 3 is 2.29 bits per heavy atom. The van der Waals surface area contributed by atoms with Crippen molar-refractivity contribution in [1.82, 2.24) is 0 Å². The molecule has 14 heavy (non-hydrogen) atoms. The summed E-state index contributed by atoms with van der Waals surface area (Å²) in [5.74, 6) is 1.19. The van der Waals surface area contributed by atoms with Gasteiger partial charge in [0.15, 0.2) is 0 Å². The minimum absolute atomic E-state index is 0.171. The molecular weight excluding hydrogens is 179 g/mol. The van der Waals surface area contributed by atoms with Crippen molar-refractivity contribution in [3.05, 3.63) is 30.1 Å². The lowest BCUT2D eigenvalue weighted by atomic mass is 10.2. The van der Waals surface area contributed by atoms with Crippen molar-refractivity contribution >= 4 is 5.69 Å². The van der Waals surface area contributed by atoms with E-state index < -0.39 is 0 Å². The second-order valence-corrected chi connectivity index (χ2v) is 4.29. The average Bonchev–Trinajstić information content (AvgIpc) is 2.66. The van der Waals surface area contributed by atoms with Gasteiger partial charge >= 0.3 is 0 Å². The number of hydrogen-bond acceptors (Lipinski definition) is 2. The molecule has 2 fully saturated rings. The molecule has 0 spiro atoms. The Labute approximate surface area is 82.5 Å². The molecule has 3 rings (SSSR count). The predicted octanol–water partition coefficient (Wildman–Crippen LogP) is 1.22. The van der Waals surface area contributed by atoms with E-state index in [9.17, 15) is 4.39 Å². The lowest BCUT2D eigenvalue weighted by molar-refractivity contribution is 0.627. The van der Waals surface area contributed by atoms with Crippen molar-refractivity contribution in [2.45, 2.75) is 6.04 Å². The zero-order chi connectivity index (χ0) is 9.71. The molecule has 1 heterocycles. The lowest BCUT2D eigenvalue weighted by Crippen LogP contribution is -2.27. The van der Waals surface area contributed by atoms with Gasteiger partial charge in [-0.2, -0.15) is 0 Å². The van der Waals surface area contributed by atoms with Gasteiger partial charge in [0.25, 0.3) is 0 Å². The molecule has 2 nitrogen and oxygen atoms in total. The number of halogens is 1. The number of benzene rings is 1. The van der Waals surface area contributed by atoms with Crippen LogP contribution in [0.15, 0.2) is 24.3 Å². The van der Waals surface area contributed by atoms with Gasteiger partial charge < -0.3 is 10.6 Å². The Kier molecular flexibility index (Phi) is 1.59. The molecule has 3 heteroatoms. The van der Waals surface area contributed by atoms with Crippen LogP contribution in [0.2, 0.25) is 0 Å². The summed E-state index contributed by atoms with van der Waals surface area (Å²) in [5, 5.41) is 0.